The van der Waals surface area contributed by atoms with Crippen molar-refractivity contribution in [2.45, 2.75) is 26.1 Å². The second kappa shape index (κ2) is 9.90. The minimum atomic E-state index is 0.642. The fourth-order valence-corrected chi connectivity index (χ4v) is 5.00. The first-order valence-electron chi connectivity index (χ1n) is 10.6. The molecule has 3 heterocycles. The van der Waals surface area contributed by atoms with E-state index in [9.17, 15) is 0 Å². The number of halogens is 1. The first-order valence-corrected chi connectivity index (χ1v) is 11.3. The Balaban J connectivity index is 1.43. The molecule has 2 aliphatic heterocycles. The Labute approximate surface area is 182 Å². The third kappa shape index (κ3) is 5.03. The number of fused-ring (bicyclic) bond motifs is 1. The highest BCUT2D eigenvalue weighted by Crippen LogP contribution is 2.25. The fourth-order valence-electron chi connectivity index (χ4n) is 4.49. The van der Waals surface area contributed by atoms with Crippen molar-refractivity contribution < 1.29 is 9.47 Å². The van der Waals surface area contributed by atoms with Gasteiger partial charge in [-0.1, -0.05) is 11.6 Å². The number of hydrogen-bond acceptors (Lipinski definition) is 5. The largest absolute Gasteiger partial charge is 0.383 e. The Morgan fingerprint density at radius 3 is 2.55 bits per heavy atom. The maximum atomic E-state index is 6.30. The maximum absolute atomic E-state index is 6.30. The molecule has 0 aliphatic carbocycles. The van der Waals surface area contributed by atoms with Gasteiger partial charge in [0.1, 0.15) is 0 Å². The molecule has 0 unspecified atom stereocenters. The molecular weight excluding hydrogens is 408 g/mol. The van der Waals surface area contributed by atoms with Crippen molar-refractivity contribution in [3.63, 3.8) is 0 Å². The summed E-state index contributed by atoms with van der Waals surface area (Å²) in [4.78, 5) is 5.08. The SMILES string of the molecule is COCCn1c(=S)n(CN2CCC(CN3CCOCC3)CC2)c2cc(Cl)ccc21. The van der Waals surface area contributed by atoms with Crippen molar-refractivity contribution in [1.82, 2.24) is 18.9 Å². The van der Waals surface area contributed by atoms with Crippen LogP contribution >= 0.6 is 23.8 Å². The summed E-state index contributed by atoms with van der Waals surface area (Å²) in [6.07, 6.45) is 2.49. The lowest BCUT2D eigenvalue weighted by Crippen LogP contribution is -2.43. The van der Waals surface area contributed by atoms with Crippen molar-refractivity contribution in [3.8, 4) is 0 Å². The third-order valence-corrected chi connectivity index (χ3v) is 6.84. The van der Waals surface area contributed by atoms with E-state index in [1.54, 1.807) is 7.11 Å². The number of ether oxygens (including phenoxy) is 2. The van der Waals surface area contributed by atoms with Crippen molar-refractivity contribution in [2.75, 3.05) is 59.7 Å². The van der Waals surface area contributed by atoms with Crippen LogP contribution in [0.15, 0.2) is 18.2 Å². The molecule has 0 amide bonds. The summed E-state index contributed by atoms with van der Waals surface area (Å²) in [5.41, 5.74) is 2.23. The van der Waals surface area contributed by atoms with Crippen molar-refractivity contribution in [3.05, 3.63) is 28.0 Å². The summed E-state index contributed by atoms with van der Waals surface area (Å²) in [7, 11) is 1.72. The number of hydrogen-bond donors (Lipinski definition) is 0. The molecule has 2 saturated heterocycles. The average Bonchev–Trinajstić information content (AvgIpc) is 2.99. The highest BCUT2D eigenvalue weighted by Gasteiger charge is 2.23. The van der Waals surface area contributed by atoms with Gasteiger partial charge in [0.15, 0.2) is 4.77 Å². The second-order valence-electron chi connectivity index (χ2n) is 8.10. The van der Waals surface area contributed by atoms with E-state index in [0.29, 0.717) is 6.61 Å². The van der Waals surface area contributed by atoms with Crippen LogP contribution in [0, 0.1) is 10.7 Å². The first kappa shape index (κ1) is 21.3. The van der Waals surface area contributed by atoms with Crippen LogP contribution in [0.1, 0.15) is 12.8 Å². The summed E-state index contributed by atoms with van der Waals surface area (Å²) < 4.78 is 16.0. The summed E-state index contributed by atoms with van der Waals surface area (Å²) in [5, 5.41) is 0.745. The van der Waals surface area contributed by atoms with Crippen LogP contribution in [0.25, 0.3) is 11.0 Å². The van der Waals surface area contributed by atoms with Gasteiger partial charge in [0.05, 0.1) is 37.5 Å². The molecule has 0 N–H and O–H groups in total. The number of likely N-dealkylation sites (tertiary alicyclic amines) is 1. The smallest absolute Gasteiger partial charge is 0.181 e. The number of methoxy groups -OCH3 is 1. The maximum Gasteiger partial charge on any atom is 0.181 e. The minimum Gasteiger partial charge on any atom is -0.383 e. The molecule has 29 heavy (non-hydrogen) atoms. The van der Waals surface area contributed by atoms with Gasteiger partial charge in [0, 0.05) is 51.4 Å². The monoisotopic (exact) mass is 438 g/mol. The molecule has 1 aromatic carbocycles. The normalized spacial score (nSPS) is 19.9. The molecule has 0 atom stereocenters. The molecule has 2 aromatic rings. The van der Waals surface area contributed by atoms with Crippen LogP contribution in [0.4, 0.5) is 0 Å². The van der Waals surface area contributed by atoms with Gasteiger partial charge in [0.25, 0.3) is 0 Å². The summed E-state index contributed by atoms with van der Waals surface area (Å²) in [6.45, 7) is 9.57. The lowest BCUT2D eigenvalue weighted by molar-refractivity contribution is 0.0231. The van der Waals surface area contributed by atoms with Gasteiger partial charge in [-0.2, -0.15) is 0 Å². The number of aromatic nitrogens is 2. The topological polar surface area (TPSA) is 34.8 Å². The zero-order valence-corrected chi connectivity index (χ0v) is 18.8. The zero-order valence-electron chi connectivity index (χ0n) is 17.2. The lowest BCUT2D eigenvalue weighted by atomic mass is 9.96. The van der Waals surface area contributed by atoms with E-state index in [2.05, 4.69) is 25.0 Å². The summed E-state index contributed by atoms with van der Waals surface area (Å²) in [5.74, 6) is 0.787. The van der Waals surface area contributed by atoms with E-state index in [4.69, 9.17) is 33.3 Å². The molecule has 160 valence electrons. The Morgan fingerprint density at radius 2 is 1.83 bits per heavy atom. The molecule has 6 nitrogen and oxygen atoms in total. The molecule has 0 radical (unpaired) electrons. The number of piperidine rings is 1. The van der Waals surface area contributed by atoms with Crippen LogP contribution in [-0.4, -0.2) is 78.6 Å². The minimum absolute atomic E-state index is 0.642. The van der Waals surface area contributed by atoms with E-state index in [1.807, 2.05) is 12.1 Å². The van der Waals surface area contributed by atoms with Crippen LogP contribution in [0.3, 0.4) is 0 Å². The Kier molecular flexibility index (Phi) is 7.26. The molecular formula is C21H31ClN4O2S. The first-order chi connectivity index (χ1) is 14.2. The quantitative estimate of drug-likeness (QED) is 0.618. The number of imidazole rings is 1. The molecule has 0 spiro atoms. The molecule has 2 fully saturated rings. The fraction of sp³-hybridized carbons (Fsp3) is 0.667. The predicted octanol–water partition coefficient (Wildman–Crippen LogP) is 3.47. The number of morpholine rings is 1. The van der Waals surface area contributed by atoms with E-state index in [1.165, 1.54) is 19.4 Å². The highest BCUT2D eigenvalue weighted by molar-refractivity contribution is 7.71. The van der Waals surface area contributed by atoms with Crippen molar-refractivity contribution in [1.29, 1.82) is 0 Å². The van der Waals surface area contributed by atoms with Gasteiger partial charge in [-0.05, 0) is 49.2 Å². The van der Waals surface area contributed by atoms with Crippen molar-refractivity contribution >= 4 is 34.9 Å². The molecule has 2 aliphatic rings. The molecule has 8 heteroatoms. The standard InChI is InChI=1S/C21H31ClN4O2S/c1-27-11-10-25-19-3-2-18(22)14-20(19)26(21(25)29)16-24-6-4-17(5-7-24)15-23-8-12-28-13-9-23/h2-3,14,17H,4-13,15-16H2,1H3. The molecule has 1 aromatic heterocycles. The number of benzene rings is 1. The molecule has 0 saturated carbocycles. The van der Waals surface area contributed by atoms with Crippen LogP contribution in [0.2, 0.25) is 5.02 Å². The van der Waals surface area contributed by atoms with Gasteiger partial charge in [-0.3, -0.25) is 9.80 Å². The van der Waals surface area contributed by atoms with Crippen LogP contribution in [-0.2, 0) is 22.7 Å². The molecule has 4 rings (SSSR count). The Morgan fingerprint density at radius 1 is 1.07 bits per heavy atom. The van der Waals surface area contributed by atoms with Gasteiger partial charge in [0.2, 0.25) is 0 Å². The Bertz CT molecular complexity index is 869. The number of nitrogens with zero attached hydrogens (tertiary/aromatic N) is 4. The summed E-state index contributed by atoms with van der Waals surface area (Å²) in [6, 6.07) is 6.03. The number of rotatable bonds is 7. The van der Waals surface area contributed by atoms with E-state index >= 15 is 0 Å². The van der Waals surface area contributed by atoms with Crippen LogP contribution in [0.5, 0.6) is 0 Å². The van der Waals surface area contributed by atoms with Crippen LogP contribution < -0.4 is 0 Å². The highest BCUT2D eigenvalue weighted by atomic mass is 35.5. The zero-order chi connectivity index (χ0) is 20.2. The lowest BCUT2D eigenvalue weighted by Gasteiger charge is -2.36. The van der Waals surface area contributed by atoms with Gasteiger partial charge >= 0.3 is 0 Å². The van der Waals surface area contributed by atoms with Gasteiger partial charge < -0.3 is 18.6 Å². The third-order valence-electron chi connectivity index (χ3n) is 6.17. The van der Waals surface area contributed by atoms with Gasteiger partial charge in [-0.25, -0.2) is 0 Å². The van der Waals surface area contributed by atoms with Gasteiger partial charge in [-0.15, -0.1) is 0 Å². The molecule has 0 bridgehead atoms. The average molecular weight is 439 g/mol. The van der Waals surface area contributed by atoms with Crippen molar-refractivity contribution in [2.24, 2.45) is 5.92 Å². The predicted molar refractivity (Wildman–Crippen MR) is 119 cm³/mol. The Hall–Kier alpha value is -0.960. The van der Waals surface area contributed by atoms with E-state index in [0.717, 1.165) is 79.4 Å². The second-order valence-corrected chi connectivity index (χ2v) is 8.91. The van der Waals surface area contributed by atoms with E-state index < -0.39 is 0 Å². The van der Waals surface area contributed by atoms with E-state index in [-0.39, 0.29) is 0 Å². The summed E-state index contributed by atoms with van der Waals surface area (Å²) >= 11 is 12.1.